The maximum Gasteiger partial charge on any atom is 0.411 e. The first-order valence-corrected chi connectivity index (χ1v) is 27.6. The molecule has 3 aromatic rings. The summed E-state index contributed by atoms with van der Waals surface area (Å²) in [5.41, 5.74) is 0.886. The van der Waals surface area contributed by atoms with Crippen molar-refractivity contribution >= 4 is 36.6 Å². The van der Waals surface area contributed by atoms with Crippen LogP contribution in [0, 0.1) is 46.3 Å². The first-order chi connectivity index (χ1) is 31.3. The van der Waals surface area contributed by atoms with Gasteiger partial charge in [0.1, 0.15) is 11.6 Å². The Morgan fingerprint density at radius 2 is 1.53 bits per heavy atom. The minimum atomic E-state index is -2.62. The Hall–Kier alpha value is -3.96. The van der Waals surface area contributed by atoms with Gasteiger partial charge in [-0.3, -0.25) is 14.5 Å². The van der Waals surface area contributed by atoms with Gasteiger partial charge in [-0.1, -0.05) is 102 Å². The van der Waals surface area contributed by atoms with Gasteiger partial charge in [0.25, 0.3) is 8.32 Å². The first-order valence-electron chi connectivity index (χ1n) is 25.6. The van der Waals surface area contributed by atoms with Crippen molar-refractivity contribution in [1.82, 2.24) is 25.5 Å². The van der Waals surface area contributed by atoms with Crippen LogP contribution in [0.1, 0.15) is 145 Å². The predicted octanol–water partition coefficient (Wildman–Crippen LogP) is 9.58. The van der Waals surface area contributed by atoms with Crippen molar-refractivity contribution in [3.63, 3.8) is 0 Å². The molecule has 5 fully saturated rings. The van der Waals surface area contributed by atoms with Gasteiger partial charge in [0.15, 0.2) is 0 Å². The maximum atomic E-state index is 13.7. The first kappa shape index (κ1) is 48.5. The normalized spacial score (nSPS) is 31.6. The van der Waals surface area contributed by atoms with Gasteiger partial charge in [-0.25, -0.2) is 9.78 Å². The topological polar surface area (TPSA) is 126 Å². The fourth-order valence-corrected chi connectivity index (χ4v) is 19.4. The molecule has 8 rings (SSSR count). The van der Waals surface area contributed by atoms with Crippen LogP contribution in [0.3, 0.4) is 0 Å². The van der Waals surface area contributed by atoms with Crippen LogP contribution in [-0.4, -0.2) is 78.0 Å². The largest absolute Gasteiger partial charge is 0.444 e. The standard InChI is InChI=1S/C55H81N5O5Si/c1-37(20-25-49(61)59-40-33-48(60(35-40)51(63)64-52(2,3)4)50(62)57-31-28-39-34-56-36-58-39)45-23-24-46-44-22-21-38-32-41(26-29-54(38,8)47(44)27-30-55(45,46)9)65-66(53(5,6)7,42-16-12-10-13-17-42)43-18-14-11-15-19-43/h10-19,34,36-38,40-41,44-48H,20-33,35H2,1-9H3,(H,56,58)(H,57,62)(H,59,61)/t37-,38?,40+,41+,44?,45-,46?,47?,48+,54+,55-/m1/s1. The molecule has 1 aromatic heterocycles. The van der Waals surface area contributed by atoms with E-state index < -0.39 is 26.1 Å². The van der Waals surface area contributed by atoms with Crippen molar-refractivity contribution < 1.29 is 23.5 Å². The molecule has 0 spiro atoms. The van der Waals surface area contributed by atoms with Gasteiger partial charge in [-0.2, -0.15) is 0 Å². The van der Waals surface area contributed by atoms with E-state index in [4.69, 9.17) is 9.16 Å². The molecule has 360 valence electrons. The molecule has 0 bridgehead atoms. The van der Waals surface area contributed by atoms with Gasteiger partial charge in [0.05, 0.1) is 6.33 Å². The number of H-pyrrole nitrogens is 1. The quantitative estimate of drug-likeness (QED) is 0.147. The van der Waals surface area contributed by atoms with Crippen LogP contribution in [0.15, 0.2) is 73.2 Å². The average molecular weight is 920 g/mol. The van der Waals surface area contributed by atoms with Gasteiger partial charge in [0, 0.05) is 50.0 Å². The van der Waals surface area contributed by atoms with Crippen LogP contribution in [0.4, 0.5) is 4.79 Å². The molecule has 4 unspecified atom stereocenters. The molecule has 4 aliphatic carbocycles. The van der Waals surface area contributed by atoms with E-state index in [1.54, 1.807) is 12.5 Å². The zero-order valence-electron chi connectivity index (χ0n) is 41.7. The molecule has 3 amide bonds. The molecule has 1 saturated heterocycles. The van der Waals surface area contributed by atoms with E-state index in [2.05, 4.69) is 123 Å². The highest BCUT2D eigenvalue weighted by atomic mass is 28.4. The lowest BCUT2D eigenvalue weighted by Gasteiger charge is -2.62. The summed E-state index contributed by atoms with van der Waals surface area (Å²) in [5.74, 6) is 3.83. The average Bonchev–Trinajstić information content (AvgIpc) is 4.04. The van der Waals surface area contributed by atoms with Crippen LogP contribution < -0.4 is 21.0 Å². The van der Waals surface area contributed by atoms with E-state index in [0.717, 1.165) is 36.3 Å². The number of aromatic nitrogens is 2. The highest BCUT2D eigenvalue weighted by Crippen LogP contribution is 2.68. The number of carbonyl (C=O) groups excluding carboxylic acids is 3. The summed E-state index contributed by atoms with van der Waals surface area (Å²) in [5, 5.41) is 8.95. The maximum absolute atomic E-state index is 13.7. The molecule has 2 heterocycles. The lowest BCUT2D eigenvalue weighted by molar-refractivity contribution is -0.128. The van der Waals surface area contributed by atoms with Gasteiger partial charge in [-0.05, 0) is 153 Å². The fraction of sp³-hybridized carbons (Fsp3) is 0.673. The second-order valence-electron chi connectivity index (χ2n) is 23.8. The summed E-state index contributed by atoms with van der Waals surface area (Å²) in [7, 11) is -2.62. The van der Waals surface area contributed by atoms with Crippen molar-refractivity contribution in [3.8, 4) is 0 Å². The van der Waals surface area contributed by atoms with Gasteiger partial charge in [-0.15, -0.1) is 0 Å². The Kier molecular flexibility index (Phi) is 14.1. The number of rotatable bonds is 13. The number of hydrogen-bond donors (Lipinski definition) is 3. The smallest absolute Gasteiger partial charge is 0.411 e. The molecule has 10 nitrogen and oxygen atoms in total. The SMILES string of the molecule is C[C@H](CCC(=O)N[C@H]1C[C@@H](C(=O)NCCc2cnc[nH]2)N(C(=O)OC(C)(C)C)C1)[C@H]1CCC2C3CCC4C[C@@H](O[Si](c5ccccc5)(c5ccccc5)C(C)(C)C)CC[C@]4(C)C3CC[C@@]21C. The van der Waals surface area contributed by atoms with Crippen LogP contribution in [0.5, 0.6) is 0 Å². The number of carbonyl (C=O) groups is 3. The molecule has 1 aliphatic heterocycles. The Morgan fingerprint density at radius 1 is 0.864 bits per heavy atom. The molecule has 2 aromatic carbocycles. The summed E-state index contributed by atoms with van der Waals surface area (Å²) >= 11 is 0. The second-order valence-corrected chi connectivity index (χ2v) is 28.1. The number of nitrogens with one attached hydrogen (secondary N) is 3. The van der Waals surface area contributed by atoms with E-state index in [0.29, 0.717) is 54.4 Å². The van der Waals surface area contributed by atoms with E-state index in [-0.39, 0.29) is 35.5 Å². The summed E-state index contributed by atoms with van der Waals surface area (Å²) in [6.07, 6.45) is 16.8. The fourth-order valence-electron chi connectivity index (χ4n) is 14.7. The molecular formula is C55H81N5O5Si. The van der Waals surface area contributed by atoms with E-state index >= 15 is 0 Å². The van der Waals surface area contributed by atoms with E-state index in [1.165, 1.54) is 66.6 Å². The molecule has 0 radical (unpaired) electrons. The Balaban J connectivity index is 0.868. The monoisotopic (exact) mass is 920 g/mol. The lowest BCUT2D eigenvalue weighted by atomic mass is 9.44. The van der Waals surface area contributed by atoms with E-state index in [9.17, 15) is 14.4 Å². The zero-order chi connectivity index (χ0) is 47.1. The van der Waals surface area contributed by atoms with Gasteiger partial charge < -0.3 is 24.8 Å². The number of nitrogens with zero attached hydrogens (tertiary/aromatic N) is 2. The van der Waals surface area contributed by atoms with Crippen LogP contribution in [0.25, 0.3) is 0 Å². The number of likely N-dealkylation sites (tertiary alicyclic amines) is 1. The number of benzene rings is 2. The summed E-state index contributed by atoms with van der Waals surface area (Å²) in [4.78, 5) is 49.0. The molecule has 66 heavy (non-hydrogen) atoms. The predicted molar refractivity (Wildman–Crippen MR) is 265 cm³/mol. The molecule has 4 saturated carbocycles. The third kappa shape index (κ3) is 9.68. The van der Waals surface area contributed by atoms with Crippen LogP contribution >= 0.6 is 0 Å². The Labute approximate surface area is 397 Å². The van der Waals surface area contributed by atoms with Crippen LogP contribution in [0.2, 0.25) is 5.04 Å². The lowest BCUT2D eigenvalue weighted by Crippen LogP contribution is -2.68. The van der Waals surface area contributed by atoms with Crippen molar-refractivity contribution in [2.45, 2.75) is 175 Å². The van der Waals surface area contributed by atoms with Crippen LogP contribution in [-0.2, 0) is 25.2 Å². The number of ether oxygens (including phenoxy) is 1. The number of amides is 3. The van der Waals surface area contributed by atoms with Crippen molar-refractivity contribution in [1.29, 1.82) is 0 Å². The third-order valence-electron chi connectivity index (χ3n) is 17.8. The molecule has 3 N–H and O–H groups in total. The molecule has 5 aliphatic rings. The summed E-state index contributed by atoms with van der Waals surface area (Å²) in [6.45, 7) is 21.0. The molecule has 11 heteroatoms. The van der Waals surface area contributed by atoms with Crippen molar-refractivity contribution in [2.24, 2.45) is 46.3 Å². The minimum absolute atomic E-state index is 0.000439. The highest BCUT2D eigenvalue weighted by molar-refractivity contribution is 6.99. The van der Waals surface area contributed by atoms with Crippen molar-refractivity contribution in [3.05, 3.63) is 78.9 Å². The highest BCUT2D eigenvalue weighted by Gasteiger charge is 2.61. The molecule has 11 atom stereocenters. The number of imidazole rings is 1. The Morgan fingerprint density at radius 3 is 2.17 bits per heavy atom. The van der Waals surface area contributed by atoms with Gasteiger partial charge in [0.2, 0.25) is 11.8 Å². The number of hydrogen-bond acceptors (Lipinski definition) is 6. The third-order valence-corrected chi connectivity index (χ3v) is 22.9. The van der Waals surface area contributed by atoms with Gasteiger partial charge >= 0.3 is 6.09 Å². The Bertz CT molecular complexity index is 2080. The summed E-state index contributed by atoms with van der Waals surface area (Å²) in [6, 6.07) is 21.3. The number of aromatic amines is 1. The zero-order valence-corrected chi connectivity index (χ0v) is 42.7. The number of fused-ring (bicyclic) bond motifs is 5. The molecular weight excluding hydrogens is 839 g/mol. The summed E-state index contributed by atoms with van der Waals surface area (Å²) < 4.78 is 13.5. The minimum Gasteiger partial charge on any atom is -0.444 e. The second kappa shape index (κ2) is 19.2. The van der Waals surface area contributed by atoms with Crippen molar-refractivity contribution in [2.75, 3.05) is 13.1 Å². The van der Waals surface area contributed by atoms with E-state index in [1.807, 2.05) is 20.8 Å².